The Balaban J connectivity index is 2.28. The predicted octanol–water partition coefficient (Wildman–Crippen LogP) is 3.90. The Bertz CT molecular complexity index is 543. The van der Waals surface area contributed by atoms with Crippen LogP contribution in [0.4, 0.5) is 5.69 Å². The average Bonchev–Trinajstić information content (AvgIpc) is 2.35. The lowest BCUT2D eigenvalue weighted by molar-refractivity contribution is 0.803. The zero-order chi connectivity index (χ0) is 13.0. The van der Waals surface area contributed by atoms with Gasteiger partial charge in [0, 0.05) is 26.5 Å². The molecule has 94 valence electrons. The predicted molar refractivity (Wildman–Crippen MR) is 81.9 cm³/mol. The van der Waals surface area contributed by atoms with Gasteiger partial charge in [-0.25, -0.2) is 0 Å². The van der Waals surface area contributed by atoms with E-state index in [0.717, 1.165) is 21.6 Å². The van der Waals surface area contributed by atoms with E-state index in [4.69, 9.17) is 5.73 Å². The normalized spacial score (nSPS) is 10.6. The first kappa shape index (κ1) is 13.5. The molecule has 4 heteroatoms. The van der Waals surface area contributed by atoms with E-state index in [2.05, 4.69) is 45.5 Å². The van der Waals surface area contributed by atoms with Crippen molar-refractivity contribution in [1.29, 1.82) is 0 Å². The van der Waals surface area contributed by atoms with Gasteiger partial charge >= 0.3 is 0 Å². The Hall–Kier alpha value is -0.970. The fraction of sp³-hybridized carbons (Fsp3) is 0.143. The van der Waals surface area contributed by atoms with E-state index in [-0.39, 0.29) is 0 Å². The van der Waals surface area contributed by atoms with Gasteiger partial charge in [-0.05, 0) is 36.9 Å². The summed E-state index contributed by atoms with van der Waals surface area (Å²) in [5, 5.41) is 3.18. The molecular formula is C14H15BrN2S. The van der Waals surface area contributed by atoms with Crippen LogP contribution in [-0.4, -0.2) is 7.05 Å². The van der Waals surface area contributed by atoms with Crippen LogP contribution < -0.4 is 11.1 Å². The van der Waals surface area contributed by atoms with Crippen molar-refractivity contribution in [2.45, 2.75) is 16.3 Å². The Labute approximate surface area is 120 Å². The third-order valence-electron chi connectivity index (χ3n) is 2.53. The van der Waals surface area contributed by atoms with E-state index in [1.165, 1.54) is 10.5 Å². The van der Waals surface area contributed by atoms with E-state index >= 15 is 0 Å². The van der Waals surface area contributed by atoms with E-state index < -0.39 is 0 Å². The minimum atomic E-state index is 0.800. The summed E-state index contributed by atoms with van der Waals surface area (Å²) in [7, 11) is 1.95. The third kappa shape index (κ3) is 3.28. The summed E-state index contributed by atoms with van der Waals surface area (Å²) in [6.45, 7) is 0.861. The second kappa shape index (κ2) is 6.27. The summed E-state index contributed by atoms with van der Waals surface area (Å²) < 4.78 is 1.01. The van der Waals surface area contributed by atoms with Crippen LogP contribution in [0.5, 0.6) is 0 Å². The topological polar surface area (TPSA) is 38.0 Å². The van der Waals surface area contributed by atoms with Crippen LogP contribution in [0.25, 0.3) is 0 Å². The monoisotopic (exact) mass is 322 g/mol. The molecule has 0 aliphatic heterocycles. The first-order valence-electron chi connectivity index (χ1n) is 5.66. The van der Waals surface area contributed by atoms with Crippen molar-refractivity contribution in [3.05, 3.63) is 52.5 Å². The van der Waals surface area contributed by atoms with Crippen LogP contribution in [0, 0.1) is 0 Å². The highest BCUT2D eigenvalue weighted by atomic mass is 79.9. The smallest absolute Gasteiger partial charge is 0.0467 e. The van der Waals surface area contributed by atoms with Gasteiger partial charge in [-0.2, -0.15) is 0 Å². The van der Waals surface area contributed by atoms with Crippen LogP contribution in [-0.2, 0) is 6.54 Å². The molecule has 0 saturated carbocycles. The molecule has 0 saturated heterocycles. The van der Waals surface area contributed by atoms with E-state index in [0.29, 0.717) is 0 Å². The minimum Gasteiger partial charge on any atom is -0.398 e. The van der Waals surface area contributed by atoms with Gasteiger partial charge in [-0.3, -0.25) is 0 Å². The average molecular weight is 323 g/mol. The molecule has 0 radical (unpaired) electrons. The Morgan fingerprint density at radius 2 is 1.94 bits per heavy atom. The zero-order valence-corrected chi connectivity index (χ0v) is 12.5. The molecule has 3 N–H and O–H groups in total. The molecule has 0 aromatic heterocycles. The highest BCUT2D eigenvalue weighted by molar-refractivity contribution is 9.10. The Morgan fingerprint density at radius 1 is 1.17 bits per heavy atom. The molecule has 2 rings (SSSR count). The molecule has 0 amide bonds. The number of anilines is 1. The summed E-state index contributed by atoms with van der Waals surface area (Å²) in [6, 6.07) is 14.4. The minimum absolute atomic E-state index is 0.800. The van der Waals surface area contributed by atoms with Crippen molar-refractivity contribution in [3.63, 3.8) is 0 Å². The van der Waals surface area contributed by atoms with Crippen molar-refractivity contribution >= 4 is 33.4 Å². The maximum atomic E-state index is 6.03. The molecule has 0 aliphatic carbocycles. The lowest BCUT2D eigenvalue weighted by Gasteiger charge is -2.10. The maximum Gasteiger partial charge on any atom is 0.0467 e. The summed E-state index contributed by atoms with van der Waals surface area (Å²) in [5.41, 5.74) is 8.11. The van der Waals surface area contributed by atoms with Gasteiger partial charge in [0.05, 0.1) is 0 Å². The number of nitrogen functional groups attached to an aromatic ring is 1. The van der Waals surface area contributed by atoms with Crippen molar-refractivity contribution in [1.82, 2.24) is 5.32 Å². The van der Waals surface area contributed by atoms with Gasteiger partial charge < -0.3 is 11.1 Å². The van der Waals surface area contributed by atoms with Gasteiger partial charge in [0.1, 0.15) is 0 Å². The molecule has 2 aromatic rings. The highest BCUT2D eigenvalue weighted by Gasteiger charge is 2.06. The molecule has 18 heavy (non-hydrogen) atoms. The number of benzene rings is 2. The lowest BCUT2D eigenvalue weighted by atomic mass is 10.2. The van der Waals surface area contributed by atoms with Crippen LogP contribution in [0.3, 0.4) is 0 Å². The standard InChI is InChI=1S/C14H15BrN2S/c1-17-9-10-4-2-3-5-13(10)18-14-7-6-11(15)8-12(14)16/h2-8,17H,9,16H2,1H3. The van der Waals surface area contributed by atoms with E-state index in [1.807, 2.05) is 25.2 Å². The van der Waals surface area contributed by atoms with Crippen molar-refractivity contribution in [3.8, 4) is 0 Å². The van der Waals surface area contributed by atoms with Crippen molar-refractivity contribution in [2.24, 2.45) is 0 Å². The van der Waals surface area contributed by atoms with Crippen LogP contribution in [0.2, 0.25) is 0 Å². The first-order chi connectivity index (χ1) is 8.70. The highest BCUT2D eigenvalue weighted by Crippen LogP contribution is 2.35. The second-order valence-corrected chi connectivity index (χ2v) is 5.92. The van der Waals surface area contributed by atoms with Gasteiger partial charge in [-0.15, -0.1) is 0 Å². The summed E-state index contributed by atoms with van der Waals surface area (Å²) in [5.74, 6) is 0. The van der Waals surface area contributed by atoms with Gasteiger partial charge in [0.2, 0.25) is 0 Å². The number of hydrogen-bond acceptors (Lipinski definition) is 3. The molecule has 2 nitrogen and oxygen atoms in total. The molecule has 2 aromatic carbocycles. The molecule has 0 bridgehead atoms. The number of nitrogens with two attached hydrogens (primary N) is 1. The first-order valence-corrected chi connectivity index (χ1v) is 7.27. The van der Waals surface area contributed by atoms with E-state index in [1.54, 1.807) is 11.8 Å². The molecular weight excluding hydrogens is 308 g/mol. The molecule has 0 aliphatic rings. The molecule has 0 spiro atoms. The van der Waals surface area contributed by atoms with Crippen LogP contribution in [0.15, 0.2) is 56.7 Å². The molecule has 0 unspecified atom stereocenters. The largest absolute Gasteiger partial charge is 0.398 e. The zero-order valence-electron chi connectivity index (χ0n) is 10.1. The van der Waals surface area contributed by atoms with E-state index in [9.17, 15) is 0 Å². The van der Waals surface area contributed by atoms with Gasteiger partial charge in [-0.1, -0.05) is 45.9 Å². The SMILES string of the molecule is CNCc1ccccc1Sc1ccc(Br)cc1N. The van der Waals surface area contributed by atoms with Crippen molar-refractivity contribution in [2.75, 3.05) is 12.8 Å². The van der Waals surface area contributed by atoms with Crippen molar-refractivity contribution < 1.29 is 0 Å². The van der Waals surface area contributed by atoms with Gasteiger partial charge in [0.25, 0.3) is 0 Å². The quantitative estimate of drug-likeness (QED) is 0.838. The Kier molecular flexibility index (Phi) is 4.69. The molecule has 0 fully saturated rings. The number of nitrogens with one attached hydrogen (secondary N) is 1. The lowest BCUT2D eigenvalue weighted by Crippen LogP contribution is -2.05. The number of hydrogen-bond donors (Lipinski definition) is 2. The maximum absolute atomic E-state index is 6.03. The number of rotatable bonds is 4. The molecule has 0 atom stereocenters. The third-order valence-corrected chi connectivity index (χ3v) is 4.23. The fourth-order valence-electron chi connectivity index (χ4n) is 1.67. The van der Waals surface area contributed by atoms with Gasteiger partial charge in [0.15, 0.2) is 0 Å². The van der Waals surface area contributed by atoms with Crippen LogP contribution >= 0.6 is 27.7 Å². The summed E-state index contributed by atoms with van der Waals surface area (Å²) in [6.07, 6.45) is 0. The fourth-order valence-corrected chi connectivity index (χ4v) is 3.02. The molecule has 0 heterocycles. The van der Waals surface area contributed by atoms with Crippen LogP contribution in [0.1, 0.15) is 5.56 Å². The second-order valence-electron chi connectivity index (χ2n) is 3.92. The number of halogens is 1. The Morgan fingerprint density at radius 3 is 2.67 bits per heavy atom. The summed E-state index contributed by atoms with van der Waals surface area (Å²) >= 11 is 5.13. The summed E-state index contributed by atoms with van der Waals surface area (Å²) in [4.78, 5) is 2.32.